The van der Waals surface area contributed by atoms with Crippen LogP contribution in [-0.4, -0.2) is 26.4 Å². The number of hydrogen-bond acceptors (Lipinski definition) is 4. The van der Waals surface area contributed by atoms with Crippen molar-refractivity contribution in [3.8, 4) is 23.0 Å². The molecule has 0 aliphatic carbocycles. The molecule has 0 bridgehead atoms. The number of phenolic OH excluding ortho intramolecular Hbond substituents is 1. The summed E-state index contributed by atoms with van der Waals surface area (Å²) in [5, 5.41) is 9.79. The van der Waals surface area contributed by atoms with Crippen LogP contribution < -0.4 is 14.2 Å². The molecule has 0 saturated heterocycles. The predicted molar refractivity (Wildman–Crippen MR) is 95.8 cm³/mol. The Kier molecular flexibility index (Phi) is 5.54. The van der Waals surface area contributed by atoms with E-state index in [-0.39, 0.29) is 5.75 Å². The molecule has 0 saturated carbocycles. The highest BCUT2D eigenvalue weighted by Gasteiger charge is 2.09. The fraction of sp³-hybridized carbons (Fsp3) is 0.176. The lowest BCUT2D eigenvalue weighted by Crippen LogP contribution is -1.93. The summed E-state index contributed by atoms with van der Waals surface area (Å²) in [4.78, 5) is 0. The van der Waals surface area contributed by atoms with Crippen LogP contribution in [0.5, 0.6) is 23.0 Å². The quantitative estimate of drug-likeness (QED) is 0.591. The zero-order chi connectivity index (χ0) is 16.1. The summed E-state index contributed by atoms with van der Waals surface area (Å²) in [5.74, 6) is 1.98. The molecule has 5 heteroatoms. The van der Waals surface area contributed by atoms with Crippen molar-refractivity contribution in [3.63, 3.8) is 0 Å². The minimum absolute atomic E-state index is 0.117. The molecular formula is C17H17IO4. The van der Waals surface area contributed by atoms with Crippen LogP contribution in [0.15, 0.2) is 30.3 Å². The molecule has 0 fully saturated rings. The van der Waals surface area contributed by atoms with Crippen LogP contribution in [0.3, 0.4) is 0 Å². The number of rotatable bonds is 5. The Balaban J connectivity index is 2.30. The van der Waals surface area contributed by atoms with Gasteiger partial charge in [-0.15, -0.1) is 0 Å². The van der Waals surface area contributed by atoms with Gasteiger partial charge in [0, 0.05) is 0 Å². The third-order valence-electron chi connectivity index (χ3n) is 3.13. The lowest BCUT2D eigenvalue weighted by Gasteiger charge is -2.10. The minimum atomic E-state index is 0.117. The van der Waals surface area contributed by atoms with Crippen LogP contribution >= 0.6 is 22.6 Å². The smallest absolute Gasteiger partial charge is 0.174 e. The molecule has 0 aliphatic heterocycles. The zero-order valence-corrected chi connectivity index (χ0v) is 14.7. The largest absolute Gasteiger partial charge is 0.504 e. The van der Waals surface area contributed by atoms with E-state index in [1.807, 2.05) is 30.4 Å². The van der Waals surface area contributed by atoms with Crippen LogP contribution in [0.4, 0.5) is 0 Å². The van der Waals surface area contributed by atoms with E-state index in [9.17, 15) is 5.11 Å². The van der Waals surface area contributed by atoms with Gasteiger partial charge >= 0.3 is 0 Å². The molecule has 0 aliphatic rings. The number of benzene rings is 2. The molecular weight excluding hydrogens is 395 g/mol. The molecule has 1 N–H and O–H groups in total. The first kappa shape index (κ1) is 16.5. The Hall–Kier alpha value is -1.89. The van der Waals surface area contributed by atoms with E-state index in [1.54, 1.807) is 26.4 Å². The summed E-state index contributed by atoms with van der Waals surface area (Å²) in [6.07, 6.45) is 3.86. The van der Waals surface area contributed by atoms with Gasteiger partial charge in [0.15, 0.2) is 23.0 Å². The third-order valence-corrected chi connectivity index (χ3v) is 3.93. The van der Waals surface area contributed by atoms with Crippen molar-refractivity contribution in [3.05, 3.63) is 45.0 Å². The number of phenols is 1. The molecule has 2 aromatic carbocycles. The lowest BCUT2D eigenvalue weighted by atomic mass is 10.1. The van der Waals surface area contributed by atoms with E-state index in [4.69, 9.17) is 14.2 Å². The molecule has 116 valence electrons. The monoisotopic (exact) mass is 412 g/mol. The second-order valence-electron chi connectivity index (χ2n) is 4.50. The van der Waals surface area contributed by atoms with Gasteiger partial charge in [0.2, 0.25) is 0 Å². The Morgan fingerprint density at radius 3 is 2.14 bits per heavy atom. The minimum Gasteiger partial charge on any atom is -0.504 e. The van der Waals surface area contributed by atoms with Crippen LogP contribution in [0.1, 0.15) is 11.1 Å². The summed E-state index contributed by atoms with van der Waals surface area (Å²) in [5.41, 5.74) is 1.86. The zero-order valence-electron chi connectivity index (χ0n) is 12.6. The first-order chi connectivity index (χ1) is 10.6. The SMILES string of the molecule is COc1ccc(/C=C/c2cc(I)c(OC)c(OC)c2)cc1O. The van der Waals surface area contributed by atoms with E-state index in [1.165, 1.54) is 7.11 Å². The molecule has 0 amide bonds. The van der Waals surface area contributed by atoms with Crippen LogP contribution in [0, 0.1) is 3.57 Å². The summed E-state index contributed by atoms with van der Waals surface area (Å²) in [6, 6.07) is 9.16. The van der Waals surface area contributed by atoms with Gasteiger partial charge in [-0.1, -0.05) is 18.2 Å². The maximum Gasteiger partial charge on any atom is 0.174 e. The highest BCUT2D eigenvalue weighted by molar-refractivity contribution is 14.1. The van der Waals surface area contributed by atoms with Gasteiger partial charge in [-0.25, -0.2) is 0 Å². The first-order valence-electron chi connectivity index (χ1n) is 6.55. The normalized spacial score (nSPS) is 10.7. The topological polar surface area (TPSA) is 47.9 Å². The highest BCUT2D eigenvalue weighted by Crippen LogP contribution is 2.34. The number of halogens is 1. The van der Waals surface area contributed by atoms with Crippen molar-refractivity contribution in [2.45, 2.75) is 0 Å². The van der Waals surface area contributed by atoms with Gasteiger partial charge < -0.3 is 19.3 Å². The standard InChI is InChI=1S/C17H17IO4/c1-20-15-7-6-11(9-14(15)19)4-5-12-8-13(18)17(22-3)16(10-12)21-2/h4-10,19H,1-3H3/b5-4+. The highest BCUT2D eigenvalue weighted by atomic mass is 127. The molecule has 2 aromatic rings. The number of ether oxygens (including phenoxy) is 3. The van der Waals surface area contributed by atoms with Crippen molar-refractivity contribution in [2.24, 2.45) is 0 Å². The second-order valence-corrected chi connectivity index (χ2v) is 5.67. The van der Waals surface area contributed by atoms with Gasteiger partial charge in [0.25, 0.3) is 0 Å². The first-order valence-corrected chi connectivity index (χ1v) is 7.63. The van der Waals surface area contributed by atoms with Crippen molar-refractivity contribution in [1.82, 2.24) is 0 Å². The van der Waals surface area contributed by atoms with Crippen molar-refractivity contribution >= 4 is 34.7 Å². The molecule has 0 aromatic heterocycles. The maximum atomic E-state index is 9.79. The van der Waals surface area contributed by atoms with E-state index in [0.717, 1.165) is 20.4 Å². The molecule has 2 rings (SSSR count). The van der Waals surface area contributed by atoms with Gasteiger partial charge in [-0.05, 0) is 58.0 Å². The van der Waals surface area contributed by atoms with Gasteiger partial charge in [-0.3, -0.25) is 0 Å². The van der Waals surface area contributed by atoms with Gasteiger partial charge in [-0.2, -0.15) is 0 Å². The number of hydrogen-bond donors (Lipinski definition) is 1. The second kappa shape index (κ2) is 7.40. The fourth-order valence-electron chi connectivity index (χ4n) is 2.04. The molecule has 0 spiro atoms. The summed E-state index contributed by atoms with van der Waals surface area (Å²) in [7, 11) is 4.76. The van der Waals surface area contributed by atoms with E-state index in [2.05, 4.69) is 22.6 Å². The molecule has 22 heavy (non-hydrogen) atoms. The molecule has 0 radical (unpaired) electrons. The molecule has 0 unspecified atom stereocenters. The predicted octanol–water partition coefficient (Wildman–Crippen LogP) is 4.19. The van der Waals surface area contributed by atoms with Crippen molar-refractivity contribution in [1.29, 1.82) is 0 Å². The Bertz CT molecular complexity index is 695. The Morgan fingerprint density at radius 2 is 1.55 bits per heavy atom. The van der Waals surface area contributed by atoms with E-state index in [0.29, 0.717) is 11.5 Å². The Labute approximate surface area is 143 Å². The van der Waals surface area contributed by atoms with E-state index >= 15 is 0 Å². The third kappa shape index (κ3) is 3.65. The summed E-state index contributed by atoms with van der Waals surface area (Å²) in [6.45, 7) is 0. The summed E-state index contributed by atoms with van der Waals surface area (Å²) < 4.78 is 16.7. The van der Waals surface area contributed by atoms with Gasteiger partial charge in [0.1, 0.15) is 0 Å². The Morgan fingerprint density at radius 1 is 0.864 bits per heavy atom. The maximum absolute atomic E-state index is 9.79. The van der Waals surface area contributed by atoms with Crippen molar-refractivity contribution < 1.29 is 19.3 Å². The number of aromatic hydroxyl groups is 1. The summed E-state index contributed by atoms with van der Waals surface area (Å²) >= 11 is 2.21. The van der Waals surface area contributed by atoms with Crippen LogP contribution in [-0.2, 0) is 0 Å². The van der Waals surface area contributed by atoms with Crippen LogP contribution in [0.2, 0.25) is 0 Å². The average molecular weight is 412 g/mol. The average Bonchev–Trinajstić information content (AvgIpc) is 2.52. The lowest BCUT2D eigenvalue weighted by molar-refractivity contribution is 0.353. The molecule has 4 nitrogen and oxygen atoms in total. The molecule has 0 heterocycles. The number of methoxy groups -OCH3 is 3. The molecule has 0 atom stereocenters. The van der Waals surface area contributed by atoms with Crippen LogP contribution in [0.25, 0.3) is 12.2 Å². The fourth-order valence-corrected chi connectivity index (χ4v) is 2.88. The van der Waals surface area contributed by atoms with Crippen molar-refractivity contribution in [2.75, 3.05) is 21.3 Å². The van der Waals surface area contributed by atoms with E-state index < -0.39 is 0 Å². The van der Waals surface area contributed by atoms with Gasteiger partial charge in [0.05, 0.1) is 24.9 Å².